The van der Waals surface area contributed by atoms with Crippen LogP contribution in [-0.4, -0.2) is 41.1 Å². The maximum atomic E-state index is 13.1. The van der Waals surface area contributed by atoms with Crippen molar-refractivity contribution in [3.8, 4) is 0 Å². The molecule has 1 aliphatic heterocycles. The summed E-state index contributed by atoms with van der Waals surface area (Å²) < 4.78 is 50.3. The molecule has 2 atom stereocenters. The lowest BCUT2D eigenvalue weighted by Gasteiger charge is -2.31. The molecule has 1 saturated heterocycles. The molecule has 0 saturated carbocycles. The minimum absolute atomic E-state index is 0.0279. The van der Waals surface area contributed by atoms with Crippen LogP contribution in [0.3, 0.4) is 0 Å². The van der Waals surface area contributed by atoms with Gasteiger partial charge in [-0.3, -0.25) is 9.69 Å². The minimum Gasteiger partial charge on any atom is -0.447 e. The highest BCUT2D eigenvalue weighted by Crippen LogP contribution is 2.30. The summed E-state index contributed by atoms with van der Waals surface area (Å²) >= 11 is 0. The molecule has 0 radical (unpaired) electrons. The molecule has 1 aliphatic rings. The fourth-order valence-electron chi connectivity index (χ4n) is 3.61. The fraction of sp³-hybridized carbons (Fsp3) is 0.565. The Morgan fingerprint density at radius 1 is 1.28 bits per heavy atom. The molecular formula is C23H30F3N3O3. The van der Waals surface area contributed by atoms with Crippen LogP contribution >= 0.6 is 0 Å². The Morgan fingerprint density at radius 3 is 2.72 bits per heavy atom. The average Bonchev–Trinajstić information content (AvgIpc) is 3.42. The fourth-order valence-corrected chi connectivity index (χ4v) is 3.61. The van der Waals surface area contributed by atoms with E-state index >= 15 is 0 Å². The largest absolute Gasteiger partial charge is 0.447 e. The standard InChI is InChI=1S/C23H30F3N3O3/c1-15(2)16(3)29(12-17-6-4-7-18(10-17)23(24,25)26)13-21-28-20(14-32-21)22(30)27-11-19-8-5-9-31-19/h4,6-7,10,14-16,19H,5,8-9,11-13H2,1-3H3,(H,27,30). The normalized spacial score (nSPS) is 17.8. The summed E-state index contributed by atoms with van der Waals surface area (Å²) in [6.07, 6.45) is -1.14. The molecule has 1 aromatic heterocycles. The molecule has 1 N–H and O–H groups in total. The predicted octanol–water partition coefficient (Wildman–Crippen LogP) is 4.65. The van der Waals surface area contributed by atoms with E-state index < -0.39 is 11.7 Å². The Hall–Kier alpha value is -2.39. The second kappa shape index (κ2) is 10.5. The van der Waals surface area contributed by atoms with Gasteiger partial charge >= 0.3 is 6.18 Å². The Morgan fingerprint density at radius 2 is 2.06 bits per heavy atom. The van der Waals surface area contributed by atoms with Crippen LogP contribution in [0.2, 0.25) is 0 Å². The van der Waals surface area contributed by atoms with Gasteiger partial charge in [-0.05, 0) is 37.3 Å². The van der Waals surface area contributed by atoms with E-state index in [1.54, 1.807) is 6.07 Å². The van der Waals surface area contributed by atoms with Crippen molar-refractivity contribution in [3.63, 3.8) is 0 Å². The van der Waals surface area contributed by atoms with Crippen molar-refractivity contribution in [2.75, 3.05) is 13.2 Å². The van der Waals surface area contributed by atoms with Gasteiger partial charge in [0.1, 0.15) is 6.26 Å². The molecule has 1 fully saturated rings. The Bertz CT molecular complexity index is 892. The lowest BCUT2D eigenvalue weighted by molar-refractivity contribution is -0.137. The second-order valence-corrected chi connectivity index (χ2v) is 8.56. The van der Waals surface area contributed by atoms with E-state index in [0.717, 1.165) is 18.9 Å². The molecule has 0 bridgehead atoms. The maximum absolute atomic E-state index is 13.1. The molecule has 2 unspecified atom stereocenters. The number of hydrogen-bond donors (Lipinski definition) is 1. The Kier molecular flexibility index (Phi) is 7.95. The van der Waals surface area contributed by atoms with Crippen molar-refractivity contribution in [2.24, 2.45) is 5.92 Å². The van der Waals surface area contributed by atoms with E-state index in [1.807, 2.05) is 25.7 Å². The number of carbonyl (C=O) groups excluding carboxylic acids is 1. The highest BCUT2D eigenvalue weighted by molar-refractivity contribution is 5.91. The van der Waals surface area contributed by atoms with Crippen LogP contribution in [0.25, 0.3) is 0 Å². The van der Waals surface area contributed by atoms with Crippen LogP contribution in [-0.2, 0) is 24.0 Å². The number of nitrogens with zero attached hydrogens (tertiary/aromatic N) is 2. The molecule has 0 aliphatic carbocycles. The first-order valence-corrected chi connectivity index (χ1v) is 10.9. The Labute approximate surface area is 186 Å². The number of alkyl halides is 3. The van der Waals surface area contributed by atoms with Crippen molar-refractivity contribution in [1.82, 2.24) is 15.2 Å². The van der Waals surface area contributed by atoms with E-state index in [-0.39, 0.29) is 36.2 Å². The molecule has 1 aromatic carbocycles. The first-order valence-electron chi connectivity index (χ1n) is 10.9. The number of hydrogen-bond acceptors (Lipinski definition) is 5. The molecule has 2 heterocycles. The second-order valence-electron chi connectivity index (χ2n) is 8.56. The summed E-state index contributed by atoms with van der Waals surface area (Å²) in [5.41, 5.74) is 0.0519. The summed E-state index contributed by atoms with van der Waals surface area (Å²) in [5.74, 6) is 0.258. The zero-order chi connectivity index (χ0) is 23.3. The van der Waals surface area contributed by atoms with E-state index in [2.05, 4.69) is 10.3 Å². The minimum atomic E-state index is -4.39. The van der Waals surface area contributed by atoms with Crippen molar-refractivity contribution in [1.29, 1.82) is 0 Å². The highest BCUT2D eigenvalue weighted by Gasteiger charge is 2.31. The smallest absolute Gasteiger partial charge is 0.416 e. The van der Waals surface area contributed by atoms with Gasteiger partial charge in [0.2, 0.25) is 5.89 Å². The molecule has 0 spiro atoms. The lowest BCUT2D eigenvalue weighted by Crippen LogP contribution is -2.36. The van der Waals surface area contributed by atoms with Gasteiger partial charge in [-0.15, -0.1) is 0 Å². The topological polar surface area (TPSA) is 67.6 Å². The summed E-state index contributed by atoms with van der Waals surface area (Å²) in [5, 5.41) is 2.80. The van der Waals surface area contributed by atoms with Crippen LogP contribution in [0, 0.1) is 5.92 Å². The van der Waals surface area contributed by atoms with E-state index in [1.165, 1.54) is 18.4 Å². The molecule has 2 aromatic rings. The van der Waals surface area contributed by atoms with Crippen molar-refractivity contribution in [2.45, 2.75) is 65.0 Å². The average molecular weight is 454 g/mol. The number of ether oxygens (including phenoxy) is 1. The Balaban J connectivity index is 1.67. The van der Waals surface area contributed by atoms with Crippen molar-refractivity contribution >= 4 is 5.91 Å². The van der Waals surface area contributed by atoms with Gasteiger partial charge < -0.3 is 14.5 Å². The van der Waals surface area contributed by atoms with Crippen molar-refractivity contribution in [3.05, 3.63) is 53.2 Å². The third kappa shape index (κ3) is 6.56. The molecule has 3 rings (SSSR count). The lowest BCUT2D eigenvalue weighted by atomic mass is 10.0. The van der Waals surface area contributed by atoms with Gasteiger partial charge in [0.25, 0.3) is 5.91 Å². The van der Waals surface area contributed by atoms with Crippen LogP contribution in [0.1, 0.15) is 61.1 Å². The molecule has 176 valence electrons. The van der Waals surface area contributed by atoms with Crippen LogP contribution in [0.4, 0.5) is 13.2 Å². The quantitative estimate of drug-likeness (QED) is 0.599. The molecule has 1 amide bonds. The number of carbonyl (C=O) groups is 1. The third-order valence-corrected chi connectivity index (χ3v) is 5.82. The van der Waals surface area contributed by atoms with Gasteiger partial charge in [-0.2, -0.15) is 13.2 Å². The van der Waals surface area contributed by atoms with Gasteiger partial charge in [-0.1, -0.05) is 32.0 Å². The predicted molar refractivity (Wildman–Crippen MR) is 113 cm³/mol. The number of oxazole rings is 1. The van der Waals surface area contributed by atoms with Crippen LogP contribution in [0.5, 0.6) is 0 Å². The van der Waals surface area contributed by atoms with E-state index in [0.29, 0.717) is 31.2 Å². The van der Waals surface area contributed by atoms with Gasteiger partial charge in [0.15, 0.2) is 5.69 Å². The van der Waals surface area contributed by atoms with E-state index in [4.69, 9.17) is 9.15 Å². The van der Waals surface area contributed by atoms with Crippen LogP contribution < -0.4 is 5.32 Å². The summed E-state index contributed by atoms with van der Waals surface area (Å²) in [7, 11) is 0. The number of nitrogens with one attached hydrogen (secondary N) is 1. The number of halogens is 3. The molecule has 9 heteroatoms. The first-order chi connectivity index (χ1) is 15.1. The SMILES string of the molecule is CC(C)C(C)N(Cc1cccc(C(F)(F)F)c1)Cc1nc(C(=O)NCC2CCCO2)co1. The van der Waals surface area contributed by atoms with Crippen LogP contribution in [0.15, 0.2) is 34.9 Å². The number of rotatable bonds is 9. The third-order valence-electron chi connectivity index (χ3n) is 5.82. The van der Waals surface area contributed by atoms with Gasteiger partial charge in [0.05, 0.1) is 18.2 Å². The van der Waals surface area contributed by atoms with Gasteiger partial charge in [0, 0.05) is 25.7 Å². The van der Waals surface area contributed by atoms with E-state index in [9.17, 15) is 18.0 Å². The monoisotopic (exact) mass is 453 g/mol. The summed E-state index contributed by atoms with van der Waals surface area (Å²) in [6.45, 7) is 7.81. The zero-order valence-corrected chi connectivity index (χ0v) is 18.6. The highest BCUT2D eigenvalue weighted by atomic mass is 19.4. The first kappa shape index (κ1) is 24.3. The maximum Gasteiger partial charge on any atom is 0.416 e. The molecule has 32 heavy (non-hydrogen) atoms. The zero-order valence-electron chi connectivity index (χ0n) is 18.6. The number of benzene rings is 1. The summed E-state index contributed by atoms with van der Waals surface area (Å²) in [4.78, 5) is 18.7. The van der Waals surface area contributed by atoms with Crippen molar-refractivity contribution < 1.29 is 27.1 Å². The summed E-state index contributed by atoms with van der Waals surface area (Å²) in [6, 6.07) is 5.37. The molecule has 6 nitrogen and oxygen atoms in total. The number of amides is 1. The molecular weight excluding hydrogens is 423 g/mol. The van der Waals surface area contributed by atoms with Gasteiger partial charge in [-0.25, -0.2) is 4.98 Å². The number of aromatic nitrogens is 1.